The maximum atomic E-state index is 13.6. The van der Waals surface area contributed by atoms with Crippen LogP contribution in [0.5, 0.6) is 5.75 Å². The highest BCUT2D eigenvalue weighted by molar-refractivity contribution is 6.01. The van der Waals surface area contributed by atoms with Crippen molar-refractivity contribution in [3.8, 4) is 5.75 Å². The van der Waals surface area contributed by atoms with E-state index in [0.717, 1.165) is 18.4 Å². The smallest absolute Gasteiger partial charge is 0.490 e. The number of ketones is 1. The quantitative estimate of drug-likeness (QED) is 0.345. The molecule has 4 N–H and O–H groups in total. The molecule has 2 fully saturated rings. The van der Waals surface area contributed by atoms with Gasteiger partial charge >= 0.3 is 17.8 Å². The zero-order valence-electron chi connectivity index (χ0n) is 20.4. The second kappa shape index (κ2) is 11.8. The summed E-state index contributed by atoms with van der Waals surface area (Å²) in [6.07, 6.45) is -3.47. The van der Waals surface area contributed by atoms with Crippen LogP contribution in [-0.4, -0.2) is 82.2 Å². The van der Waals surface area contributed by atoms with E-state index in [0.29, 0.717) is 38.5 Å². The van der Waals surface area contributed by atoms with Gasteiger partial charge in [-0.3, -0.25) is 28.9 Å². The fraction of sp³-hybridized carbons (Fsp3) is 0.478. The first kappa shape index (κ1) is 28.8. The van der Waals surface area contributed by atoms with Crippen LogP contribution in [0.15, 0.2) is 27.8 Å². The topological polar surface area (TPSA) is 151 Å². The summed E-state index contributed by atoms with van der Waals surface area (Å²) in [5.41, 5.74) is 5.36. The number of nitrogens with one attached hydrogen (secondary N) is 1. The molecule has 0 amide bonds. The van der Waals surface area contributed by atoms with Crippen LogP contribution in [0.3, 0.4) is 0 Å². The van der Waals surface area contributed by atoms with Crippen LogP contribution in [0.4, 0.5) is 23.4 Å². The molecule has 0 unspecified atom stereocenters. The fourth-order valence-electron chi connectivity index (χ4n) is 4.03. The Bertz CT molecular complexity index is 1300. The average molecular weight is 545 g/mol. The van der Waals surface area contributed by atoms with Crippen LogP contribution in [0.2, 0.25) is 0 Å². The number of aromatic amines is 1. The molecule has 15 heteroatoms. The number of carboxylic acids is 1. The highest BCUT2D eigenvalue weighted by Gasteiger charge is 2.38. The minimum atomic E-state index is -5.08. The van der Waals surface area contributed by atoms with Gasteiger partial charge in [0.1, 0.15) is 22.9 Å². The molecule has 38 heavy (non-hydrogen) atoms. The number of nitrogens with zero attached hydrogens (tertiary/aromatic N) is 3. The molecule has 4 rings (SSSR count). The van der Waals surface area contributed by atoms with Crippen molar-refractivity contribution in [2.45, 2.75) is 31.6 Å². The van der Waals surface area contributed by atoms with E-state index in [1.165, 1.54) is 16.7 Å². The van der Waals surface area contributed by atoms with Crippen molar-refractivity contribution in [1.82, 2.24) is 19.4 Å². The van der Waals surface area contributed by atoms with E-state index in [9.17, 15) is 31.9 Å². The predicted molar refractivity (Wildman–Crippen MR) is 127 cm³/mol. The molecule has 0 bridgehead atoms. The Morgan fingerprint density at radius 2 is 1.71 bits per heavy atom. The molecule has 1 saturated carbocycles. The number of alkyl halides is 3. The van der Waals surface area contributed by atoms with Crippen molar-refractivity contribution in [2.75, 3.05) is 45.6 Å². The molecule has 2 heterocycles. The summed E-state index contributed by atoms with van der Waals surface area (Å²) < 4.78 is 52.0. The van der Waals surface area contributed by atoms with Crippen LogP contribution < -0.4 is 21.7 Å². The first-order valence-electron chi connectivity index (χ1n) is 11.6. The number of nitrogens with two attached hydrogens (primary N) is 1. The normalized spacial score (nSPS) is 16.4. The molecule has 1 aromatic carbocycles. The van der Waals surface area contributed by atoms with Gasteiger partial charge in [-0.15, -0.1) is 0 Å². The highest BCUT2D eigenvalue weighted by Crippen LogP contribution is 2.35. The SMILES string of the molecule is COc1ccc(F)cc1CN1CCN(CC(=O)c2c(N)n(C3CC3)c(=O)[nH]c2=O)CC1.O=C(O)C(F)(F)F. The third-order valence-electron chi connectivity index (χ3n) is 6.08. The molecule has 2 aliphatic rings. The minimum absolute atomic E-state index is 0.0424. The lowest BCUT2D eigenvalue weighted by molar-refractivity contribution is -0.192. The lowest BCUT2D eigenvalue weighted by atomic mass is 10.1. The minimum Gasteiger partial charge on any atom is -0.496 e. The number of hydrogen-bond donors (Lipinski definition) is 3. The van der Waals surface area contributed by atoms with E-state index in [1.54, 1.807) is 13.2 Å². The van der Waals surface area contributed by atoms with Gasteiger partial charge in [-0.1, -0.05) is 0 Å². The van der Waals surface area contributed by atoms with Crippen molar-refractivity contribution in [3.05, 3.63) is 56.0 Å². The van der Waals surface area contributed by atoms with Gasteiger partial charge in [0.25, 0.3) is 5.56 Å². The second-order valence-electron chi connectivity index (χ2n) is 8.86. The first-order valence-corrected chi connectivity index (χ1v) is 11.6. The maximum absolute atomic E-state index is 13.6. The number of halogens is 4. The van der Waals surface area contributed by atoms with E-state index in [4.69, 9.17) is 20.4 Å². The molecular weight excluding hydrogens is 518 g/mol. The van der Waals surface area contributed by atoms with Crippen LogP contribution in [0.25, 0.3) is 0 Å². The molecule has 1 saturated heterocycles. The number of Topliss-reactive ketones (excluding diaryl/α,β-unsaturated/α-hetero) is 1. The number of aliphatic carboxylic acids is 1. The summed E-state index contributed by atoms with van der Waals surface area (Å²) >= 11 is 0. The van der Waals surface area contributed by atoms with Gasteiger partial charge in [0, 0.05) is 44.3 Å². The number of H-pyrrole nitrogens is 1. The molecule has 0 spiro atoms. The van der Waals surface area contributed by atoms with E-state index >= 15 is 0 Å². The van der Waals surface area contributed by atoms with Gasteiger partial charge in [-0.2, -0.15) is 13.2 Å². The number of carbonyl (C=O) groups excluding carboxylic acids is 1. The number of carboxylic acid groups (broad SMARTS) is 1. The van der Waals surface area contributed by atoms with Gasteiger partial charge in [-0.25, -0.2) is 14.0 Å². The van der Waals surface area contributed by atoms with Gasteiger partial charge in [0.15, 0.2) is 5.78 Å². The average Bonchev–Trinajstić information content (AvgIpc) is 3.65. The molecule has 1 aliphatic carbocycles. The number of rotatable bonds is 7. The van der Waals surface area contributed by atoms with Gasteiger partial charge < -0.3 is 15.6 Å². The second-order valence-corrected chi connectivity index (χ2v) is 8.86. The van der Waals surface area contributed by atoms with E-state index in [1.807, 2.05) is 4.90 Å². The monoisotopic (exact) mass is 545 g/mol. The number of carbonyl (C=O) groups is 2. The number of piperazine rings is 1. The van der Waals surface area contributed by atoms with Crippen LogP contribution in [-0.2, 0) is 11.3 Å². The van der Waals surface area contributed by atoms with Crippen LogP contribution in [0, 0.1) is 5.82 Å². The van der Waals surface area contributed by atoms with E-state index in [2.05, 4.69) is 9.88 Å². The van der Waals surface area contributed by atoms with Crippen molar-refractivity contribution < 1.29 is 37.0 Å². The Kier molecular flexibility index (Phi) is 8.93. The molecular formula is C23H27F4N5O6. The Labute approximate surface area is 213 Å². The standard InChI is InChI=1S/C21H26FN5O4.C2HF3O2/c1-31-17-5-2-14(22)10-13(17)11-25-6-8-26(9-7-25)12-16(28)18-19(23)27(15-3-4-15)21(30)24-20(18)29;3-2(4,5)1(6)7/h2,5,10,15H,3-4,6-9,11-12,23H2,1H3,(H,24,29,30);(H,6,7). The molecule has 1 aromatic heterocycles. The number of benzene rings is 1. The molecule has 1 aliphatic heterocycles. The summed E-state index contributed by atoms with van der Waals surface area (Å²) in [6, 6.07) is 4.41. The fourth-order valence-corrected chi connectivity index (χ4v) is 4.03. The predicted octanol–water partition coefficient (Wildman–Crippen LogP) is 1.24. The Morgan fingerprint density at radius 1 is 1.13 bits per heavy atom. The van der Waals surface area contributed by atoms with E-state index in [-0.39, 0.29) is 29.8 Å². The summed E-state index contributed by atoms with van der Waals surface area (Å²) in [5, 5.41) is 7.12. The molecule has 0 atom stereocenters. The lowest BCUT2D eigenvalue weighted by Gasteiger charge is -2.34. The first-order chi connectivity index (χ1) is 17.8. The maximum Gasteiger partial charge on any atom is 0.490 e. The van der Waals surface area contributed by atoms with Crippen LogP contribution >= 0.6 is 0 Å². The molecule has 0 radical (unpaired) electrons. The summed E-state index contributed by atoms with van der Waals surface area (Å²) in [6.45, 7) is 3.18. The van der Waals surface area contributed by atoms with Gasteiger partial charge in [0.05, 0.1) is 13.7 Å². The number of ether oxygens (including phenoxy) is 1. The third-order valence-corrected chi connectivity index (χ3v) is 6.08. The van der Waals surface area contributed by atoms with Crippen molar-refractivity contribution in [2.24, 2.45) is 0 Å². The Hall–Kier alpha value is -3.72. The van der Waals surface area contributed by atoms with Crippen molar-refractivity contribution in [1.29, 1.82) is 0 Å². The van der Waals surface area contributed by atoms with Crippen molar-refractivity contribution >= 4 is 17.6 Å². The number of anilines is 1. The largest absolute Gasteiger partial charge is 0.496 e. The molecule has 2 aromatic rings. The Morgan fingerprint density at radius 3 is 2.24 bits per heavy atom. The Balaban J connectivity index is 0.000000505. The van der Waals surface area contributed by atoms with Crippen LogP contribution in [0.1, 0.15) is 34.8 Å². The summed E-state index contributed by atoms with van der Waals surface area (Å²) in [4.78, 5) is 52.3. The highest BCUT2D eigenvalue weighted by atomic mass is 19.4. The zero-order chi connectivity index (χ0) is 28.2. The third kappa shape index (κ3) is 7.19. The summed E-state index contributed by atoms with van der Waals surface area (Å²) in [5.74, 6) is -2.87. The van der Waals surface area contributed by atoms with Gasteiger partial charge in [-0.05, 0) is 31.0 Å². The van der Waals surface area contributed by atoms with E-state index < -0.39 is 29.2 Å². The number of methoxy groups -OCH3 is 1. The number of nitrogen functional groups attached to an aromatic ring is 1. The summed E-state index contributed by atoms with van der Waals surface area (Å²) in [7, 11) is 1.56. The van der Waals surface area contributed by atoms with Crippen molar-refractivity contribution in [3.63, 3.8) is 0 Å². The lowest BCUT2D eigenvalue weighted by Crippen LogP contribution is -2.48. The molecule has 208 valence electrons. The van der Waals surface area contributed by atoms with Gasteiger partial charge in [0.2, 0.25) is 0 Å². The zero-order valence-corrected chi connectivity index (χ0v) is 20.4. The molecule has 11 nitrogen and oxygen atoms in total. The number of hydrogen-bond acceptors (Lipinski definition) is 8. The number of aromatic nitrogens is 2.